The Bertz CT molecular complexity index is 544. The molecule has 4 N–H and O–H groups in total. The SMILES string of the molecule is NC(=S)NN=C1CCNc2cc(F)c(F)c(F)c21. The monoisotopic (exact) mass is 274 g/mol. The molecule has 1 aliphatic rings. The first-order valence-corrected chi connectivity index (χ1v) is 5.45. The Labute approximate surface area is 106 Å². The van der Waals surface area contributed by atoms with Crippen LogP contribution < -0.4 is 16.5 Å². The van der Waals surface area contributed by atoms with Gasteiger partial charge in [-0.15, -0.1) is 0 Å². The molecule has 0 aliphatic carbocycles. The van der Waals surface area contributed by atoms with Crippen LogP contribution in [0, 0.1) is 17.5 Å². The Morgan fingerprint density at radius 1 is 1.39 bits per heavy atom. The van der Waals surface area contributed by atoms with E-state index in [4.69, 9.17) is 5.73 Å². The lowest BCUT2D eigenvalue weighted by Crippen LogP contribution is -2.28. The van der Waals surface area contributed by atoms with E-state index in [1.165, 1.54) is 0 Å². The first kappa shape index (κ1) is 12.6. The Kier molecular flexibility index (Phi) is 3.37. The van der Waals surface area contributed by atoms with Crippen molar-refractivity contribution >= 4 is 28.7 Å². The largest absolute Gasteiger partial charge is 0.384 e. The minimum Gasteiger partial charge on any atom is -0.384 e. The number of hydrogen-bond acceptors (Lipinski definition) is 3. The molecule has 1 aliphatic heterocycles. The molecular formula is C10H9F3N4S. The average Bonchev–Trinajstić information content (AvgIpc) is 2.33. The normalized spacial score (nSPS) is 16.1. The fraction of sp³-hybridized carbons (Fsp3) is 0.200. The zero-order valence-electron chi connectivity index (χ0n) is 9.06. The van der Waals surface area contributed by atoms with Gasteiger partial charge in [-0.1, -0.05) is 0 Å². The third-order valence-electron chi connectivity index (χ3n) is 2.43. The first-order chi connectivity index (χ1) is 8.50. The smallest absolute Gasteiger partial charge is 0.195 e. The van der Waals surface area contributed by atoms with Crippen LogP contribution in [0.25, 0.3) is 0 Å². The molecule has 0 radical (unpaired) electrons. The van der Waals surface area contributed by atoms with Crippen LogP contribution in [0.4, 0.5) is 18.9 Å². The number of hydrogen-bond donors (Lipinski definition) is 3. The van der Waals surface area contributed by atoms with Crippen LogP contribution in [0.15, 0.2) is 11.2 Å². The molecule has 0 spiro atoms. The maximum Gasteiger partial charge on any atom is 0.195 e. The van der Waals surface area contributed by atoms with E-state index in [2.05, 4.69) is 28.1 Å². The van der Waals surface area contributed by atoms with E-state index in [0.29, 0.717) is 13.0 Å². The van der Waals surface area contributed by atoms with Gasteiger partial charge in [-0.25, -0.2) is 13.2 Å². The Balaban J connectivity index is 2.52. The topological polar surface area (TPSA) is 62.4 Å². The lowest BCUT2D eigenvalue weighted by Gasteiger charge is -2.20. The van der Waals surface area contributed by atoms with Gasteiger partial charge >= 0.3 is 0 Å². The molecule has 0 saturated heterocycles. The zero-order chi connectivity index (χ0) is 13.3. The van der Waals surface area contributed by atoms with Gasteiger partial charge < -0.3 is 11.1 Å². The van der Waals surface area contributed by atoms with Crippen LogP contribution in [0.1, 0.15) is 12.0 Å². The molecule has 0 amide bonds. The number of benzene rings is 1. The standard InChI is InChI=1S/C10H9F3N4S/c11-4-3-6-7(9(13)8(4)12)5(1-2-15-6)16-17-10(14)18/h3,15H,1-2H2,(H3,14,17,18). The average molecular weight is 274 g/mol. The summed E-state index contributed by atoms with van der Waals surface area (Å²) in [5.74, 6) is -4.05. The number of fused-ring (bicyclic) bond motifs is 1. The summed E-state index contributed by atoms with van der Waals surface area (Å²) in [6.07, 6.45) is 0.338. The molecule has 4 nitrogen and oxygen atoms in total. The van der Waals surface area contributed by atoms with Gasteiger partial charge in [0.15, 0.2) is 22.6 Å². The molecule has 1 aromatic carbocycles. The van der Waals surface area contributed by atoms with E-state index in [0.717, 1.165) is 6.07 Å². The maximum absolute atomic E-state index is 13.7. The molecule has 1 aromatic rings. The Hall–Kier alpha value is -1.83. The number of halogens is 3. The minimum atomic E-state index is -1.53. The van der Waals surface area contributed by atoms with Crippen molar-refractivity contribution < 1.29 is 13.2 Å². The van der Waals surface area contributed by atoms with Crippen LogP contribution in [-0.4, -0.2) is 17.4 Å². The summed E-state index contributed by atoms with van der Waals surface area (Å²) in [7, 11) is 0. The summed E-state index contributed by atoms with van der Waals surface area (Å²) in [6, 6.07) is 0.892. The second kappa shape index (κ2) is 4.81. The number of thiocarbonyl (C=S) groups is 1. The summed E-state index contributed by atoms with van der Waals surface area (Å²) < 4.78 is 39.9. The highest BCUT2D eigenvalue weighted by molar-refractivity contribution is 7.80. The van der Waals surface area contributed by atoms with Gasteiger partial charge in [-0.3, -0.25) is 5.43 Å². The Morgan fingerprint density at radius 3 is 2.78 bits per heavy atom. The van der Waals surface area contributed by atoms with Crippen molar-refractivity contribution in [3.63, 3.8) is 0 Å². The molecule has 0 aromatic heterocycles. The van der Waals surface area contributed by atoms with Crippen LogP contribution in [0.5, 0.6) is 0 Å². The van der Waals surface area contributed by atoms with E-state index >= 15 is 0 Å². The molecular weight excluding hydrogens is 265 g/mol. The second-order valence-corrected chi connectivity index (χ2v) is 4.06. The van der Waals surface area contributed by atoms with Crippen molar-refractivity contribution in [2.45, 2.75) is 6.42 Å². The maximum atomic E-state index is 13.7. The molecule has 0 saturated carbocycles. The van der Waals surface area contributed by atoms with Gasteiger partial charge in [0.05, 0.1) is 11.3 Å². The van der Waals surface area contributed by atoms with Gasteiger partial charge in [0, 0.05) is 24.7 Å². The van der Waals surface area contributed by atoms with E-state index in [-0.39, 0.29) is 22.1 Å². The molecule has 0 atom stereocenters. The molecule has 1 heterocycles. The minimum absolute atomic E-state index is 0.0921. The van der Waals surface area contributed by atoms with Crippen LogP contribution in [-0.2, 0) is 0 Å². The van der Waals surface area contributed by atoms with Crippen LogP contribution in [0.3, 0.4) is 0 Å². The molecule has 96 valence electrons. The van der Waals surface area contributed by atoms with E-state index in [1.54, 1.807) is 0 Å². The van der Waals surface area contributed by atoms with Crippen molar-refractivity contribution in [1.82, 2.24) is 5.43 Å². The van der Waals surface area contributed by atoms with Crippen molar-refractivity contribution in [2.75, 3.05) is 11.9 Å². The number of nitrogens with two attached hydrogens (primary N) is 1. The van der Waals surface area contributed by atoms with E-state index in [9.17, 15) is 13.2 Å². The first-order valence-electron chi connectivity index (χ1n) is 5.04. The van der Waals surface area contributed by atoms with Gasteiger partial charge in [0.25, 0.3) is 0 Å². The fourth-order valence-corrected chi connectivity index (χ4v) is 1.74. The molecule has 0 bridgehead atoms. The van der Waals surface area contributed by atoms with Crippen LogP contribution >= 0.6 is 12.2 Å². The highest BCUT2D eigenvalue weighted by Crippen LogP contribution is 2.28. The predicted octanol–water partition coefficient (Wildman–Crippen LogP) is 1.46. The summed E-state index contributed by atoms with van der Waals surface area (Å²) in [5, 5.41) is 6.46. The van der Waals surface area contributed by atoms with Crippen molar-refractivity contribution in [3.8, 4) is 0 Å². The summed E-state index contributed by atoms with van der Waals surface area (Å²) in [5.41, 5.74) is 7.77. The molecule has 0 fully saturated rings. The van der Waals surface area contributed by atoms with E-state index in [1.807, 2.05) is 0 Å². The number of anilines is 1. The lowest BCUT2D eigenvalue weighted by atomic mass is 10.00. The van der Waals surface area contributed by atoms with Gasteiger partial charge in [0.1, 0.15) is 0 Å². The quantitative estimate of drug-likeness (QED) is 0.412. The van der Waals surface area contributed by atoms with Crippen LogP contribution in [0.2, 0.25) is 0 Å². The molecule has 2 rings (SSSR count). The van der Waals surface area contributed by atoms with Crippen molar-refractivity contribution in [1.29, 1.82) is 0 Å². The number of nitrogens with zero attached hydrogens (tertiary/aromatic N) is 1. The second-order valence-electron chi connectivity index (χ2n) is 3.62. The number of nitrogens with one attached hydrogen (secondary N) is 2. The molecule has 0 unspecified atom stereocenters. The summed E-state index contributed by atoms with van der Waals surface area (Å²) in [4.78, 5) is 0. The highest BCUT2D eigenvalue weighted by atomic mass is 32.1. The Morgan fingerprint density at radius 2 is 2.11 bits per heavy atom. The van der Waals surface area contributed by atoms with E-state index < -0.39 is 17.5 Å². The summed E-state index contributed by atoms with van der Waals surface area (Å²) >= 11 is 4.56. The van der Waals surface area contributed by atoms with Gasteiger partial charge in [-0.05, 0) is 12.2 Å². The molecule has 18 heavy (non-hydrogen) atoms. The third kappa shape index (κ3) is 2.23. The molecule has 8 heteroatoms. The number of rotatable bonds is 1. The zero-order valence-corrected chi connectivity index (χ0v) is 9.87. The summed E-state index contributed by atoms with van der Waals surface area (Å²) in [6.45, 7) is 0.426. The van der Waals surface area contributed by atoms with Gasteiger partial charge in [0.2, 0.25) is 0 Å². The number of hydrazone groups is 1. The third-order valence-corrected chi connectivity index (χ3v) is 2.52. The van der Waals surface area contributed by atoms with Crippen molar-refractivity contribution in [3.05, 3.63) is 29.1 Å². The lowest BCUT2D eigenvalue weighted by molar-refractivity contribution is 0.446. The van der Waals surface area contributed by atoms with Crippen molar-refractivity contribution in [2.24, 2.45) is 10.8 Å². The highest BCUT2D eigenvalue weighted by Gasteiger charge is 2.25. The van der Waals surface area contributed by atoms with Gasteiger partial charge in [-0.2, -0.15) is 5.10 Å². The fourth-order valence-electron chi connectivity index (χ4n) is 1.69. The predicted molar refractivity (Wildman–Crippen MR) is 65.9 cm³/mol.